The van der Waals surface area contributed by atoms with Crippen molar-refractivity contribution in [2.45, 2.75) is 25.7 Å². The fraction of sp³-hybridized carbons (Fsp3) is 0.455. The van der Waals surface area contributed by atoms with Crippen molar-refractivity contribution in [3.05, 3.63) is 29.0 Å². The van der Waals surface area contributed by atoms with Gasteiger partial charge in [0.15, 0.2) is 5.78 Å². The standard InChI is InChI=1S/C11H12ClNO/c12-9-4-5-10(13-7-9)11(14)6-3-8-1-2-8/h4-5,7-8H,1-3,6H2. The predicted octanol–water partition coefficient (Wildman–Crippen LogP) is 3.11. The Kier molecular flexibility index (Phi) is 2.82. The highest BCUT2D eigenvalue weighted by Crippen LogP contribution is 2.33. The average molecular weight is 210 g/mol. The lowest BCUT2D eigenvalue weighted by Crippen LogP contribution is -2.01. The molecular formula is C11H12ClNO. The van der Waals surface area contributed by atoms with Gasteiger partial charge in [-0.2, -0.15) is 0 Å². The second-order valence-corrected chi connectivity index (χ2v) is 4.20. The molecule has 0 N–H and O–H groups in total. The van der Waals surface area contributed by atoms with Gasteiger partial charge in [-0.1, -0.05) is 24.4 Å². The van der Waals surface area contributed by atoms with E-state index in [1.54, 1.807) is 12.1 Å². The van der Waals surface area contributed by atoms with Crippen molar-refractivity contribution in [3.8, 4) is 0 Å². The molecule has 0 saturated heterocycles. The number of carbonyl (C=O) groups excluding carboxylic acids is 1. The number of hydrogen-bond acceptors (Lipinski definition) is 2. The molecule has 0 aromatic carbocycles. The van der Waals surface area contributed by atoms with Gasteiger partial charge in [0.1, 0.15) is 5.69 Å². The molecule has 1 aliphatic carbocycles. The molecule has 0 unspecified atom stereocenters. The Labute approximate surface area is 88.3 Å². The van der Waals surface area contributed by atoms with Crippen LogP contribution in [0.3, 0.4) is 0 Å². The fourth-order valence-electron chi connectivity index (χ4n) is 1.41. The van der Waals surface area contributed by atoms with Gasteiger partial charge in [0, 0.05) is 12.6 Å². The molecule has 1 aromatic heterocycles. The molecule has 1 saturated carbocycles. The van der Waals surface area contributed by atoms with Gasteiger partial charge in [0.2, 0.25) is 0 Å². The summed E-state index contributed by atoms with van der Waals surface area (Å²) in [6, 6.07) is 3.40. The first-order valence-electron chi connectivity index (χ1n) is 4.90. The lowest BCUT2D eigenvalue weighted by atomic mass is 10.1. The van der Waals surface area contributed by atoms with Crippen molar-refractivity contribution in [1.29, 1.82) is 0 Å². The second kappa shape index (κ2) is 4.09. The van der Waals surface area contributed by atoms with Crippen LogP contribution in [0, 0.1) is 5.92 Å². The molecule has 14 heavy (non-hydrogen) atoms. The number of pyridine rings is 1. The van der Waals surface area contributed by atoms with Crippen molar-refractivity contribution in [2.24, 2.45) is 5.92 Å². The molecule has 2 nitrogen and oxygen atoms in total. The van der Waals surface area contributed by atoms with E-state index in [0.29, 0.717) is 17.1 Å². The van der Waals surface area contributed by atoms with E-state index in [0.717, 1.165) is 12.3 Å². The van der Waals surface area contributed by atoms with E-state index in [4.69, 9.17) is 11.6 Å². The number of ketones is 1. The first-order valence-corrected chi connectivity index (χ1v) is 5.28. The zero-order valence-corrected chi connectivity index (χ0v) is 8.63. The molecule has 0 amide bonds. The molecule has 3 heteroatoms. The normalized spacial score (nSPS) is 15.5. The summed E-state index contributed by atoms with van der Waals surface area (Å²) >= 11 is 5.68. The minimum absolute atomic E-state index is 0.133. The molecule has 0 bridgehead atoms. The molecule has 0 radical (unpaired) electrons. The third-order valence-corrected chi connectivity index (χ3v) is 2.71. The smallest absolute Gasteiger partial charge is 0.181 e. The minimum atomic E-state index is 0.133. The molecule has 0 aliphatic heterocycles. The molecule has 2 rings (SSSR count). The number of hydrogen-bond donors (Lipinski definition) is 0. The van der Waals surface area contributed by atoms with Gasteiger partial charge in [0.05, 0.1) is 5.02 Å². The first-order chi connectivity index (χ1) is 6.75. The Bertz CT molecular complexity index is 330. The molecule has 74 valence electrons. The largest absolute Gasteiger partial charge is 0.292 e. The van der Waals surface area contributed by atoms with Crippen LogP contribution in [0.5, 0.6) is 0 Å². The highest BCUT2D eigenvalue weighted by Gasteiger charge is 2.22. The fourth-order valence-corrected chi connectivity index (χ4v) is 1.52. The van der Waals surface area contributed by atoms with Crippen molar-refractivity contribution in [1.82, 2.24) is 4.98 Å². The molecule has 1 heterocycles. The molecule has 1 aromatic rings. The zero-order chi connectivity index (χ0) is 9.97. The van der Waals surface area contributed by atoms with Gasteiger partial charge in [-0.3, -0.25) is 9.78 Å². The van der Waals surface area contributed by atoms with E-state index < -0.39 is 0 Å². The predicted molar refractivity (Wildman–Crippen MR) is 55.5 cm³/mol. The lowest BCUT2D eigenvalue weighted by Gasteiger charge is -1.98. The molecule has 1 fully saturated rings. The number of Topliss-reactive ketones (excluding diaryl/α,β-unsaturated/α-hetero) is 1. The highest BCUT2D eigenvalue weighted by molar-refractivity contribution is 6.30. The van der Waals surface area contributed by atoms with E-state index >= 15 is 0 Å². The second-order valence-electron chi connectivity index (χ2n) is 3.77. The van der Waals surface area contributed by atoms with Crippen molar-refractivity contribution in [2.75, 3.05) is 0 Å². The van der Waals surface area contributed by atoms with Crippen LogP contribution in [0.2, 0.25) is 5.02 Å². The summed E-state index contributed by atoms with van der Waals surface area (Å²) in [5.74, 6) is 0.930. The summed E-state index contributed by atoms with van der Waals surface area (Å²) < 4.78 is 0. The van der Waals surface area contributed by atoms with Gasteiger partial charge < -0.3 is 0 Å². The van der Waals surface area contributed by atoms with Crippen LogP contribution in [0.25, 0.3) is 0 Å². The number of nitrogens with zero attached hydrogens (tertiary/aromatic N) is 1. The van der Waals surface area contributed by atoms with E-state index in [9.17, 15) is 4.79 Å². The molecule has 0 atom stereocenters. The van der Waals surface area contributed by atoms with Crippen molar-refractivity contribution in [3.63, 3.8) is 0 Å². The van der Waals surface area contributed by atoms with Gasteiger partial charge in [-0.15, -0.1) is 0 Å². The highest BCUT2D eigenvalue weighted by atomic mass is 35.5. The van der Waals surface area contributed by atoms with Crippen molar-refractivity contribution >= 4 is 17.4 Å². The van der Waals surface area contributed by atoms with Crippen LogP contribution in [0.1, 0.15) is 36.2 Å². The topological polar surface area (TPSA) is 30.0 Å². The van der Waals surface area contributed by atoms with Gasteiger partial charge in [0.25, 0.3) is 0 Å². The minimum Gasteiger partial charge on any atom is -0.292 e. The van der Waals surface area contributed by atoms with E-state index in [1.807, 2.05) is 0 Å². The summed E-state index contributed by atoms with van der Waals surface area (Å²) in [6.07, 6.45) is 5.75. The van der Waals surface area contributed by atoms with Crippen LogP contribution in [0.15, 0.2) is 18.3 Å². The number of halogens is 1. The monoisotopic (exact) mass is 209 g/mol. The van der Waals surface area contributed by atoms with Crippen LogP contribution in [-0.2, 0) is 0 Å². The van der Waals surface area contributed by atoms with Crippen molar-refractivity contribution < 1.29 is 4.79 Å². The summed E-state index contributed by atoms with van der Waals surface area (Å²) in [5.41, 5.74) is 0.537. The quantitative estimate of drug-likeness (QED) is 0.714. The first kappa shape index (κ1) is 9.66. The van der Waals surface area contributed by atoms with E-state index in [1.165, 1.54) is 19.0 Å². The SMILES string of the molecule is O=C(CCC1CC1)c1ccc(Cl)cn1. The van der Waals surface area contributed by atoms with E-state index in [-0.39, 0.29) is 5.78 Å². The Balaban J connectivity index is 1.92. The van der Waals surface area contributed by atoms with Gasteiger partial charge >= 0.3 is 0 Å². The maximum atomic E-state index is 11.6. The molecular weight excluding hydrogens is 198 g/mol. The van der Waals surface area contributed by atoms with Crippen LogP contribution in [0.4, 0.5) is 0 Å². The third kappa shape index (κ3) is 2.55. The Hall–Kier alpha value is -0.890. The molecule has 0 spiro atoms. The summed E-state index contributed by atoms with van der Waals surface area (Å²) in [4.78, 5) is 15.6. The van der Waals surface area contributed by atoms with Gasteiger partial charge in [-0.25, -0.2) is 0 Å². The van der Waals surface area contributed by atoms with Gasteiger partial charge in [-0.05, 0) is 24.5 Å². The average Bonchev–Trinajstić information content (AvgIpc) is 2.99. The van der Waals surface area contributed by atoms with E-state index in [2.05, 4.69) is 4.98 Å². The van der Waals surface area contributed by atoms with Crippen LogP contribution < -0.4 is 0 Å². The zero-order valence-electron chi connectivity index (χ0n) is 7.87. The summed E-state index contributed by atoms with van der Waals surface area (Å²) in [7, 11) is 0. The molecule has 1 aliphatic rings. The number of carbonyl (C=O) groups is 1. The Morgan fingerprint density at radius 3 is 2.86 bits per heavy atom. The maximum absolute atomic E-state index is 11.6. The number of rotatable bonds is 4. The van der Waals surface area contributed by atoms with Crippen LogP contribution >= 0.6 is 11.6 Å². The Morgan fingerprint density at radius 2 is 2.29 bits per heavy atom. The summed E-state index contributed by atoms with van der Waals surface area (Å²) in [6.45, 7) is 0. The Morgan fingerprint density at radius 1 is 1.50 bits per heavy atom. The number of aromatic nitrogens is 1. The van der Waals surface area contributed by atoms with Crippen LogP contribution in [-0.4, -0.2) is 10.8 Å². The third-order valence-electron chi connectivity index (χ3n) is 2.49. The summed E-state index contributed by atoms with van der Waals surface area (Å²) in [5, 5.41) is 0.573. The lowest BCUT2D eigenvalue weighted by molar-refractivity contribution is 0.0973. The maximum Gasteiger partial charge on any atom is 0.181 e.